The molecular weight excluding hydrogens is 324 g/mol. The van der Waals surface area contributed by atoms with Gasteiger partial charge in [-0.2, -0.15) is 0 Å². The number of nitrogens with zero attached hydrogens (tertiary/aromatic N) is 1. The third-order valence-electron chi connectivity index (χ3n) is 5.13. The zero-order chi connectivity index (χ0) is 18.5. The molecule has 0 aliphatic carbocycles. The van der Waals surface area contributed by atoms with Crippen LogP contribution in [0, 0.1) is 20.8 Å². The van der Waals surface area contributed by atoms with E-state index in [1.807, 2.05) is 13.8 Å². The molecule has 0 aromatic heterocycles. The van der Waals surface area contributed by atoms with Crippen LogP contribution in [0.15, 0.2) is 36.4 Å². The summed E-state index contributed by atoms with van der Waals surface area (Å²) >= 11 is 0. The number of ether oxygens (including phenoxy) is 1. The summed E-state index contributed by atoms with van der Waals surface area (Å²) in [6.07, 6.45) is 0. The molecule has 26 heavy (non-hydrogen) atoms. The Hall–Kier alpha value is -1.88. The van der Waals surface area contributed by atoms with Gasteiger partial charge in [0.2, 0.25) is 0 Å². The Balaban J connectivity index is 1.73. The number of rotatable bonds is 6. The van der Waals surface area contributed by atoms with E-state index in [2.05, 4.69) is 53.5 Å². The highest BCUT2D eigenvalue weighted by atomic mass is 16.5. The number of phenolic OH excluding ortho intramolecular Hbond substituents is 1. The van der Waals surface area contributed by atoms with Crippen molar-refractivity contribution in [2.24, 2.45) is 0 Å². The van der Waals surface area contributed by atoms with Crippen LogP contribution >= 0.6 is 0 Å². The van der Waals surface area contributed by atoms with E-state index < -0.39 is 0 Å². The van der Waals surface area contributed by atoms with Gasteiger partial charge in [0.25, 0.3) is 0 Å². The maximum absolute atomic E-state index is 9.99. The van der Waals surface area contributed by atoms with Gasteiger partial charge in [0, 0.05) is 32.2 Å². The fourth-order valence-electron chi connectivity index (χ4n) is 3.52. The Morgan fingerprint density at radius 2 is 1.65 bits per heavy atom. The van der Waals surface area contributed by atoms with Crippen LogP contribution in [0.5, 0.6) is 5.75 Å². The molecule has 0 spiro atoms. The van der Waals surface area contributed by atoms with Crippen LogP contribution in [-0.4, -0.2) is 42.9 Å². The van der Waals surface area contributed by atoms with Crippen LogP contribution in [-0.2, 0) is 11.3 Å². The van der Waals surface area contributed by atoms with Gasteiger partial charge in [-0.05, 0) is 43.0 Å². The number of nitrogens with one attached hydrogen (secondary N) is 1. The third-order valence-corrected chi connectivity index (χ3v) is 5.13. The van der Waals surface area contributed by atoms with Crippen molar-refractivity contribution in [2.45, 2.75) is 33.4 Å². The van der Waals surface area contributed by atoms with Crippen molar-refractivity contribution in [3.63, 3.8) is 0 Å². The van der Waals surface area contributed by atoms with Crippen molar-refractivity contribution in [2.75, 3.05) is 32.8 Å². The number of benzene rings is 2. The summed E-state index contributed by atoms with van der Waals surface area (Å²) in [6.45, 7) is 11.4. The molecule has 1 unspecified atom stereocenters. The summed E-state index contributed by atoms with van der Waals surface area (Å²) in [4.78, 5) is 2.47. The first-order valence-electron chi connectivity index (χ1n) is 9.42. The average Bonchev–Trinajstić information content (AvgIpc) is 2.64. The van der Waals surface area contributed by atoms with E-state index in [-0.39, 0.29) is 6.04 Å². The van der Waals surface area contributed by atoms with Crippen LogP contribution in [0.1, 0.15) is 33.9 Å². The van der Waals surface area contributed by atoms with Gasteiger partial charge in [-0.25, -0.2) is 0 Å². The van der Waals surface area contributed by atoms with E-state index in [1.165, 1.54) is 16.7 Å². The third kappa shape index (κ3) is 4.85. The Morgan fingerprint density at radius 3 is 2.27 bits per heavy atom. The van der Waals surface area contributed by atoms with Gasteiger partial charge in [0.05, 0.1) is 13.2 Å². The summed E-state index contributed by atoms with van der Waals surface area (Å²) < 4.78 is 5.48. The molecule has 2 aromatic rings. The lowest BCUT2D eigenvalue weighted by Gasteiger charge is -2.31. The van der Waals surface area contributed by atoms with E-state index in [1.54, 1.807) is 0 Å². The molecule has 1 fully saturated rings. The second-order valence-electron chi connectivity index (χ2n) is 7.34. The number of phenols is 1. The highest BCUT2D eigenvalue weighted by Crippen LogP contribution is 2.24. The maximum atomic E-state index is 9.99. The minimum absolute atomic E-state index is 0.267. The first-order valence-corrected chi connectivity index (χ1v) is 9.42. The van der Waals surface area contributed by atoms with Crippen molar-refractivity contribution in [1.82, 2.24) is 10.2 Å². The number of morpholine rings is 1. The molecule has 2 aromatic carbocycles. The molecule has 0 radical (unpaired) electrons. The van der Waals surface area contributed by atoms with Gasteiger partial charge in [0.1, 0.15) is 5.75 Å². The van der Waals surface area contributed by atoms with Gasteiger partial charge >= 0.3 is 0 Å². The molecule has 2 N–H and O–H groups in total. The van der Waals surface area contributed by atoms with Crippen molar-refractivity contribution in [3.05, 3.63) is 64.2 Å². The SMILES string of the molecule is Cc1ccc(C(CN2CCOCC2)NCc2cc(C)c(O)c(C)c2)cc1. The second-order valence-corrected chi connectivity index (χ2v) is 7.34. The lowest BCUT2D eigenvalue weighted by molar-refractivity contribution is 0.0333. The predicted molar refractivity (Wildman–Crippen MR) is 106 cm³/mol. The predicted octanol–water partition coefficient (Wildman–Crippen LogP) is 3.48. The lowest BCUT2D eigenvalue weighted by atomic mass is 10.0. The Morgan fingerprint density at radius 1 is 1.04 bits per heavy atom. The standard InChI is InChI=1S/C22H30N2O2/c1-16-4-6-20(7-5-16)21(15-24-8-10-26-11-9-24)23-14-19-12-17(2)22(25)18(3)13-19/h4-7,12-13,21,23,25H,8-11,14-15H2,1-3H3. The molecule has 0 saturated carbocycles. The molecule has 0 bridgehead atoms. The van der Waals surface area contributed by atoms with Crippen molar-refractivity contribution in [3.8, 4) is 5.75 Å². The molecule has 1 heterocycles. The number of hydrogen-bond acceptors (Lipinski definition) is 4. The van der Waals surface area contributed by atoms with E-state index >= 15 is 0 Å². The summed E-state index contributed by atoms with van der Waals surface area (Å²) in [5, 5.41) is 13.7. The molecule has 3 rings (SSSR count). The zero-order valence-corrected chi connectivity index (χ0v) is 16.1. The summed E-state index contributed by atoms with van der Waals surface area (Å²) in [5.74, 6) is 0.400. The molecular formula is C22H30N2O2. The van der Waals surface area contributed by atoms with E-state index in [0.29, 0.717) is 5.75 Å². The molecule has 0 amide bonds. The largest absolute Gasteiger partial charge is 0.507 e. The Bertz CT molecular complexity index is 698. The van der Waals surface area contributed by atoms with Crippen molar-refractivity contribution < 1.29 is 9.84 Å². The Kier molecular flexibility index (Phi) is 6.30. The van der Waals surface area contributed by atoms with Crippen LogP contribution in [0.25, 0.3) is 0 Å². The number of hydrogen-bond donors (Lipinski definition) is 2. The second kappa shape index (κ2) is 8.67. The van der Waals surface area contributed by atoms with Crippen LogP contribution < -0.4 is 5.32 Å². The molecule has 1 aliphatic heterocycles. The molecule has 4 heteroatoms. The minimum atomic E-state index is 0.267. The molecule has 140 valence electrons. The first-order chi connectivity index (χ1) is 12.5. The van der Waals surface area contributed by atoms with Gasteiger partial charge in [-0.3, -0.25) is 4.90 Å². The maximum Gasteiger partial charge on any atom is 0.121 e. The number of aromatic hydroxyl groups is 1. The fourth-order valence-corrected chi connectivity index (χ4v) is 3.52. The van der Waals surface area contributed by atoms with Crippen molar-refractivity contribution >= 4 is 0 Å². The van der Waals surface area contributed by atoms with Crippen LogP contribution in [0.3, 0.4) is 0 Å². The lowest BCUT2D eigenvalue weighted by Crippen LogP contribution is -2.41. The fraction of sp³-hybridized carbons (Fsp3) is 0.455. The quantitative estimate of drug-likeness (QED) is 0.834. The molecule has 1 aliphatic rings. The zero-order valence-electron chi connectivity index (χ0n) is 16.1. The molecule has 4 nitrogen and oxygen atoms in total. The molecule has 1 saturated heterocycles. The van der Waals surface area contributed by atoms with E-state index in [4.69, 9.17) is 4.74 Å². The molecule has 1 atom stereocenters. The summed E-state index contributed by atoms with van der Waals surface area (Å²) in [7, 11) is 0. The first kappa shape index (κ1) is 18.9. The van der Waals surface area contributed by atoms with Gasteiger partial charge < -0.3 is 15.2 Å². The van der Waals surface area contributed by atoms with Gasteiger partial charge in [0.15, 0.2) is 0 Å². The van der Waals surface area contributed by atoms with E-state index in [0.717, 1.165) is 50.5 Å². The smallest absolute Gasteiger partial charge is 0.121 e. The van der Waals surface area contributed by atoms with Crippen LogP contribution in [0.4, 0.5) is 0 Å². The summed E-state index contributed by atoms with van der Waals surface area (Å²) in [5.41, 5.74) is 5.67. The minimum Gasteiger partial charge on any atom is -0.507 e. The summed E-state index contributed by atoms with van der Waals surface area (Å²) in [6, 6.07) is 13.2. The highest BCUT2D eigenvalue weighted by Gasteiger charge is 2.18. The van der Waals surface area contributed by atoms with Crippen LogP contribution in [0.2, 0.25) is 0 Å². The average molecular weight is 354 g/mol. The monoisotopic (exact) mass is 354 g/mol. The van der Waals surface area contributed by atoms with Crippen molar-refractivity contribution in [1.29, 1.82) is 0 Å². The topological polar surface area (TPSA) is 44.7 Å². The van der Waals surface area contributed by atoms with Gasteiger partial charge in [-0.1, -0.05) is 42.0 Å². The highest BCUT2D eigenvalue weighted by molar-refractivity contribution is 5.42. The number of aryl methyl sites for hydroxylation is 3. The Labute approximate surface area is 156 Å². The van der Waals surface area contributed by atoms with E-state index in [9.17, 15) is 5.11 Å². The van der Waals surface area contributed by atoms with Gasteiger partial charge in [-0.15, -0.1) is 0 Å². The normalized spacial score (nSPS) is 16.6.